The highest BCUT2D eigenvalue weighted by Crippen LogP contribution is 2.08. The van der Waals surface area contributed by atoms with Crippen molar-refractivity contribution in [1.29, 1.82) is 5.26 Å². The predicted octanol–water partition coefficient (Wildman–Crippen LogP) is 2.46. The average Bonchev–Trinajstić information content (AvgIpc) is 2.37. The molecule has 0 saturated heterocycles. The fourth-order valence-corrected chi connectivity index (χ4v) is 1.68. The third-order valence-electron chi connectivity index (χ3n) is 2.74. The van der Waals surface area contributed by atoms with Crippen molar-refractivity contribution in [2.45, 2.75) is 26.7 Å². The SMILES string of the molecule is CC(C)CCCN(C)C(=O)c1cncc(C#N)c1. The number of carbonyl (C=O) groups excluding carboxylic acids is 1. The highest BCUT2D eigenvalue weighted by Gasteiger charge is 2.12. The first kappa shape index (κ1) is 14.2. The molecule has 96 valence electrons. The van der Waals surface area contributed by atoms with E-state index >= 15 is 0 Å². The van der Waals surface area contributed by atoms with Gasteiger partial charge in [-0.05, 0) is 24.8 Å². The lowest BCUT2D eigenvalue weighted by Crippen LogP contribution is -2.28. The fourth-order valence-electron chi connectivity index (χ4n) is 1.68. The zero-order valence-electron chi connectivity index (χ0n) is 11.2. The summed E-state index contributed by atoms with van der Waals surface area (Å²) in [6.07, 6.45) is 5.05. The maximum absolute atomic E-state index is 12.1. The third kappa shape index (κ3) is 4.17. The van der Waals surface area contributed by atoms with E-state index in [0.29, 0.717) is 17.0 Å². The fraction of sp³-hybridized carbons (Fsp3) is 0.500. The molecule has 0 aliphatic rings. The van der Waals surface area contributed by atoms with E-state index in [0.717, 1.165) is 19.4 Å². The van der Waals surface area contributed by atoms with Crippen LogP contribution in [0.1, 0.15) is 42.6 Å². The zero-order chi connectivity index (χ0) is 13.5. The van der Waals surface area contributed by atoms with Crippen LogP contribution in [0.5, 0.6) is 0 Å². The molecule has 0 aliphatic carbocycles. The van der Waals surface area contributed by atoms with Crippen molar-refractivity contribution in [2.24, 2.45) is 5.92 Å². The Morgan fingerprint density at radius 3 is 2.83 bits per heavy atom. The van der Waals surface area contributed by atoms with E-state index in [2.05, 4.69) is 18.8 Å². The molecule has 0 bridgehead atoms. The van der Waals surface area contributed by atoms with Gasteiger partial charge in [-0.1, -0.05) is 13.8 Å². The van der Waals surface area contributed by atoms with Gasteiger partial charge in [0.15, 0.2) is 0 Å². The average molecular weight is 245 g/mol. The van der Waals surface area contributed by atoms with Crippen molar-refractivity contribution < 1.29 is 4.79 Å². The Morgan fingerprint density at radius 1 is 1.50 bits per heavy atom. The quantitative estimate of drug-likeness (QED) is 0.800. The Morgan fingerprint density at radius 2 is 2.22 bits per heavy atom. The Kier molecular flexibility index (Phi) is 5.31. The summed E-state index contributed by atoms with van der Waals surface area (Å²) in [5.74, 6) is 0.570. The smallest absolute Gasteiger partial charge is 0.255 e. The zero-order valence-corrected chi connectivity index (χ0v) is 11.2. The highest BCUT2D eigenvalue weighted by atomic mass is 16.2. The van der Waals surface area contributed by atoms with E-state index in [9.17, 15) is 4.79 Å². The minimum Gasteiger partial charge on any atom is -0.342 e. The van der Waals surface area contributed by atoms with E-state index in [1.54, 1.807) is 18.0 Å². The van der Waals surface area contributed by atoms with Crippen LogP contribution in [0.25, 0.3) is 0 Å². The van der Waals surface area contributed by atoms with Crippen LogP contribution in [-0.4, -0.2) is 29.4 Å². The number of aromatic nitrogens is 1. The summed E-state index contributed by atoms with van der Waals surface area (Å²) in [7, 11) is 1.78. The van der Waals surface area contributed by atoms with E-state index in [-0.39, 0.29) is 5.91 Å². The van der Waals surface area contributed by atoms with Crippen molar-refractivity contribution in [2.75, 3.05) is 13.6 Å². The van der Waals surface area contributed by atoms with Crippen molar-refractivity contribution in [3.63, 3.8) is 0 Å². The van der Waals surface area contributed by atoms with Gasteiger partial charge in [-0.25, -0.2) is 0 Å². The van der Waals surface area contributed by atoms with Crippen LogP contribution < -0.4 is 0 Å². The molecule has 4 nitrogen and oxygen atoms in total. The van der Waals surface area contributed by atoms with E-state index in [1.807, 2.05) is 6.07 Å². The summed E-state index contributed by atoms with van der Waals surface area (Å²) in [6.45, 7) is 5.07. The number of hydrogen-bond acceptors (Lipinski definition) is 3. The van der Waals surface area contributed by atoms with Crippen molar-refractivity contribution in [3.8, 4) is 6.07 Å². The van der Waals surface area contributed by atoms with E-state index < -0.39 is 0 Å². The Balaban J connectivity index is 2.60. The molecule has 18 heavy (non-hydrogen) atoms. The number of rotatable bonds is 5. The van der Waals surface area contributed by atoms with Gasteiger partial charge in [0, 0.05) is 26.0 Å². The van der Waals surface area contributed by atoms with Gasteiger partial charge in [-0.2, -0.15) is 5.26 Å². The molecular formula is C14H19N3O. The Bertz CT molecular complexity index is 449. The van der Waals surface area contributed by atoms with Gasteiger partial charge < -0.3 is 4.90 Å². The molecule has 1 aromatic heterocycles. The lowest BCUT2D eigenvalue weighted by atomic mass is 10.1. The summed E-state index contributed by atoms with van der Waals surface area (Å²) in [5, 5.41) is 8.77. The number of pyridine rings is 1. The second-order valence-electron chi connectivity index (χ2n) is 4.84. The van der Waals surface area contributed by atoms with Gasteiger partial charge in [0.2, 0.25) is 0 Å². The largest absolute Gasteiger partial charge is 0.342 e. The lowest BCUT2D eigenvalue weighted by Gasteiger charge is -2.17. The monoisotopic (exact) mass is 245 g/mol. The van der Waals surface area contributed by atoms with Crippen molar-refractivity contribution >= 4 is 5.91 Å². The molecule has 0 fully saturated rings. The lowest BCUT2D eigenvalue weighted by molar-refractivity contribution is 0.0791. The summed E-state index contributed by atoms with van der Waals surface area (Å²) >= 11 is 0. The molecule has 1 amide bonds. The van der Waals surface area contributed by atoms with Gasteiger partial charge in [0.25, 0.3) is 5.91 Å². The third-order valence-corrected chi connectivity index (χ3v) is 2.74. The number of amides is 1. The molecule has 0 aliphatic heterocycles. The number of carbonyl (C=O) groups is 1. The van der Waals surface area contributed by atoms with Crippen LogP contribution in [0.15, 0.2) is 18.5 Å². The first-order valence-corrected chi connectivity index (χ1v) is 6.15. The van der Waals surface area contributed by atoms with Crippen LogP contribution in [0, 0.1) is 17.2 Å². The maximum atomic E-state index is 12.1. The maximum Gasteiger partial charge on any atom is 0.255 e. The second-order valence-corrected chi connectivity index (χ2v) is 4.84. The predicted molar refractivity (Wildman–Crippen MR) is 70.0 cm³/mol. The molecule has 0 N–H and O–H groups in total. The number of nitriles is 1. The number of nitrogens with zero attached hydrogens (tertiary/aromatic N) is 3. The van der Waals surface area contributed by atoms with E-state index in [1.165, 1.54) is 12.4 Å². The molecule has 0 unspecified atom stereocenters. The van der Waals surface area contributed by atoms with Crippen molar-refractivity contribution in [3.05, 3.63) is 29.6 Å². The normalized spacial score (nSPS) is 10.2. The minimum atomic E-state index is -0.0802. The van der Waals surface area contributed by atoms with Gasteiger partial charge >= 0.3 is 0 Å². The van der Waals surface area contributed by atoms with Crippen LogP contribution in [0.2, 0.25) is 0 Å². The van der Waals surface area contributed by atoms with Crippen LogP contribution in [0.4, 0.5) is 0 Å². The number of hydrogen-bond donors (Lipinski definition) is 0. The summed E-state index contributed by atoms with van der Waals surface area (Å²) in [4.78, 5) is 17.6. The molecule has 0 spiro atoms. The standard InChI is InChI=1S/C14H19N3O/c1-11(2)5-4-6-17(3)14(18)13-7-12(8-15)9-16-10-13/h7,9-11H,4-6H2,1-3H3. The molecule has 4 heteroatoms. The molecule has 0 radical (unpaired) electrons. The van der Waals surface area contributed by atoms with Gasteiger partial charge in [0.1, 0.15) is 6.07 Å². The second kappa shape index (κ2) is 6.75. The van der Waals surface area contributed by atoms with Crippen LogP contribution >= 0.6 is 0 Å². The van der Waals surface area contributed by atoms with E-state index in [4.69, 9.17) is 5.26 Å². The first-order valence-electron chi connectivity index (χ1n) is 6.15. The van der Waals surface area contributed by atoms with Gasteiger partial charge in [-0.3, -0.25) is 9.78 Å². The van der Waals surface area contributed by atoms with Gasteiger partial charge in [0.05, 0.1) is 11.1 Å². The minimum absolute atomic E-state index is 0.0802. The molecule has 1 heterocycles. The topological polar surface area (TPSA) is 57.0 Å². The van der Waals surface area contributed by atoms with Gasteiger partial charge in [-0.15, -0.1) is 0 Å². The molecular weight excluding hydrogens is 226 g/mol. The van der Waals surface area contributed by atoms with Crippen molar-refractivity contribution in [1.82, 2.24) is 9.88 Å². The molecule has 1 rings (SSSR count). The summed E-state index contributed by atoms with van der Waals surface area (Å²) in [5.41, 5.74) is 0.887. The Labute approximate surface area is 108 Å². The highest BCUT2D eigenvalue weighted by molar-refractivity contribution is 5.94. The van der Waals surface area contributed by atoms with Crippen LogP contribution in [-0.2, 0) is 0 Å². The Hall–Kier alpha value is -1.89. The summed E-state index contributed by atoms with van der Waals surface area (Å²) in [6, 6.07) is 3.56. The molecule has 0 saturated carbocycles. The van der Waals surface area contributed by atoms with Crippen LogP contribution in [0.3, 0.4) is 0 Å². The first-order chi connectivity index (χ1) is 8.54. The summed E-state index contributed by atoms with van der Waals surface area (Å²) < 4.78 is 0. The molecule has 1 aromatic rings. The molecule has 0 atom stereocenters. The molecule has 0 aromatic carbocycles.